The van der Waals surface area contributed by atoms with Gasteiger partial charge in [-0.1, -0.05) is 12.1 Å². The summed E-state index contributed by atoms with van der Waals surface area (Å²) in [5.41, 5.74) is 6.18. The third-order valence-electron chi connectivity index (χ3n) is 3.83. The van der Waals surface area contributed by atoms with Crippen LogP contribution in [-0.2, 0) is 16.6 Å². The fourth-order valence-electron chi connectivity index (χ4n) is 2.63. The average Bonchev–Trinajstić information content (AvgIpc) is 2.59. The van der Waals surface area contributed by atoms with Gasteiger partial charge in [-0.15, -0.1) is 0 Å². The molecule has 2 aromatic rings. The monoisotopic (exact) mass is 403 g/mol. The number of hydrogen-bond donors (Lipinski definition) is 2. The van der Waals surface area contributed by atoms with Crippen molar-refractivity contribution in [2.75, 3.05) is 7.05 Å². The first kappa shape index (κ1) is 21.6. The lowest BCUT2D eigenvalue weighted by atomic mass is 10.1. The Hall–Kier alpha value is -2.71. The van der Waals surface area contributed by atoms with E-state index in [0.29, 0.717) is 11.1 Å². The summed E-state index contributed by atoms with van der Waals surface area (Å²) < 4.78 is 27.3. The molecule has 7 nitrogen and oxygen atoms in total. The number of amides is 2. The molecule has 0 fully saturated rings. The highest BCUT2D eigenvalue weighted by Gasteiger charge is 2.22. The molecule has 3 N–H and O–H groups in total. The second-order valence-electron chi connectivity index (χ2n) is 7.61. The lowest BCUT2D eigenvalue weighted by Crippen LogP contribution is -2.40. The van der Waals surface area contributed by atoms with Gasteiger partial charge in [-0.2, -0.15) is 0 Å². The molecule has 0 spiro atoms. The van der Waals surface area contributed by atoms with E-state index in [9.17, 15) is 18.0 Å². The lowest BCUT2D eigenvalue weighted by molar-refractivity contribution is 0.0785. The molecule has 2 amide bonds. The summed E-state index contributed by atoms with van der Waals surface area (Å²) in [6.45, 7) is 5.55. The first-order chi connectivity index (χ1) is 12.9. The van der Waals surface area contributed by atoms with Gasteiger partial charge in [0.25, 0.3) is 5.91 Å². The van der Waals surface area contributed by atoms with Gasteiger partial charge in [-0.05, 0) is 62.7 Å². The van der Waals surface area contributed by atoms with Crippen LogP contribution in [0.5, 0.6) is 0 Å². The van der Waals surface area contributed by atoms with E-state index in [2.05, 4.69) is 4.72 Å². The average molecular weight is 404 g/mol. The van der Waals surface area contributed by atoms with Crippen LogP contribution in [-0.4, -0.2) is 37.7 Å². The Morgan fingerprint density at radius 1 is 1.04 bits per heavy atom. The summed E-state index contributed by atoms with van der Waals surface area (Å²) in [5, 5.41) is 0. The molecule has 0 saturated carbocycles. The second kappa shape index (κ2) is 8.12. The minimum Gasteiger partial charge on any atom is -0.366 e. The molecule has 2 aromatic carbocycles. The number of nitrogens with two attached hydrogens (primary N) is 1. The minimum absolute atomic E-state index is 0.0933. The molecule has 0 aromatic heterocycles. The molecule has 0 aliphatic heterocycles. The highest BCUT2D eigenvalue weighted by molar-refractivity contribution is 7.89. The van der Waals surface area contributed by atoms with Gasteiger partial charge in [-0.3, -0.25) is 9.59 Å². The van der Waals surface area contributed by atoms with E-state index in [-0.39, 0.29) is 17.3 Å². The summed E-state index contributed by atoms with van der Waals surface area (Å²) >= 11 is 0. The van der Waals surface area contributed by atoms with E-state index in [1.54, 1.807) is 52.1 Å². The van der Waals surface area contributed by atoms with Crippen molar-refractivity contribution in [1.82, 2.24) is 9.62 Å². The maximum Gasteiger partial charge on any atom is 0.253 e. The molecule has 0 aliphatic rings. The van der Waals surface area contributed by atoms with Crippen LogP contribution in [0.1, 0.15) is 47.1 Å². The number of nitrogens with one attached hydrogen (secondary N) is 1. The molecule has 0 aliphatic carbocycles. The van der Waals surface area contributed by atoms with Crippen LogP contribution < -0.4 is 10.5 Å². The van der Waals surface area contributed by atoms with Crippen molar-refractivity contribution in [3.63, 3.8) is 0 Å². The van der Waals surface area contributed by atoms with Crippen molar-refractivity contribution < 1.29 is 18.0 Å². The Morgan fingerprint density at radius 2 is 1.64 bits per heavy atom. The third-order valence-corrected chi connectivity index (χ3v) is 5.60. The number of primary amides is 1. The van der Waals surface area contributed by atoms with Crippen LogP contribution >= 0.6 is 0 Å². The predicted molar refractivity (Wildman–Crippen MR) is 107 cm³/mol. The fourth-order valence-corrected chi connectivity index (χ4v) is 4.05. The van der Waals surface area contributed by atoms with Gasteiger partial charge in [0.15, 0.2) is 0 Å². The summed E-state index contributed by atoms with van der Waals surface area (Å²) in [6.07, 6.45) is 0. The number of carbonyl (C=O) groups is 2. The van der Waals surface area contributed by atoms with Gasteiger partial charge in [0.1, 0.15) is 0 Å². The van der Waals surface area contributed by atoms with Crippen molar-refractivity contribution in [1.29, 1.82) is 0 Å². The maximum absolute atomic E-state index is 12.6. The SMILES string of the molecule is CN(Cc1cccc(C(N)=O)c1)C(=O)c1ccc(S(=O)(=O)NC(C)(C)C)cc1. The molecule has 0 bridgehead atoms. The molecule has 0 atom stereocenters. The van der Waals surface area contributed by atoms with Gasteiger partial charge in [0, 0.05) is 30.3 Å². The van der Waals surface area contributed by atoms with E-state index in [4.69, 9.17) is 5.73 Å². The number of rotatable bonds is 6. The van der Waals surface area contributed by atoms with Gasteiger partial charge in [-0.25, -0.2) is 13.1 Å². The Kier molecular flexibility index (Phi) is 6.26. The van der Waals surface area contributed by atoms with E-state index >= 15 is 0 Å². The molecule has 150 valence electrons. The zero-order valence-corrected chi connectivity index (χ0v) is 17.2. The number of carbonyl (C=O) groups excluding carboxylic acids is 2. The zero-order valence-electron chi connectivity index (χ0n) is 16.4. The summed E-state index contributed by atoms with van der Waals surface area (Å²) in [7, 11) is -2.03. The van der Waals surface area contributed by atoms with Gasteiger partial charge < -0.3 is 10.6 Å². The van der Waals surface area contributed by atoms with Gasteiger partial charge in [0.2, 0.25) is 15.9 Å². The first-order valence-electron chi connectivity index (χ1n) is 8.67. The van der Waals surface area contributed by atoms with Crippen LogP contribution in [0.3, 0.4) is 0 Å². The van der Waals surface area contributed by atoms with Crippen LogP contribution in [0.4, 0.5) is 0 Å². The lowest BCUT2D eigenvalue weighted by Gasteiger charge is -2.21. The normalized spacial score (nSPS) is 11.9. The van der Waals surface area contributed by atoms with Crippen molar-refractivity contribution >= 4 is 21.8 Å². The van der Waals surface area contributed by atoms with Crippen molar-refractivity contribution in [2.24, 2.45) is 5.73 Å². The molecule has 28 heavy (non-hydrogen) atoms. The molecule has 2 rings (SSSR count). The van der Waals surface area contributed by atoms with E-state index in [1.807, 2.05) is 0 Å². The van der Waals surface area contributed by atoms with Crippen LogP contribution in [0.2, 0.25) is 0 Å². The Labute approximate surface area is 165 Å². The Balaban J connectivity index is 2.14. The van der Waals surface area contributed by atoms with Crippen LogP contribution in [0.15, 0.2) is 53.4 Å². The highest BCUT2D eigenvalue weighted by atomic mass is 32.2. The minimum atomic E-state index is -3.66. The molecule has 0 heterocycles. The molecule has 0 saturated heterocycles. The fraction of sp³-hybridized carbons (Fsp3) is 0.300. The smallest absolute Gasteiger partial charge is 0.253 e. The van der Waals surface area contributed by atoms with E-state index in [1.165, 1.54) is 29.2 Å². The summed E-state index contributed by atoms with van der Waals surface area (Å²) in [6, 6.07) is 12.5. The van der Waals surface area contributed by atoms with Crippen molar-refractivity contribution in [2.45, 2.75) is 37.8 Å². The molecular formula is C20H25N3O4S. The Bertz CT molecular complexity index is 977. The van der Waals surface area contributed by atoms with Crippen molar-refractivity contribution in [3.8, 4) is 0 Å². The molecular weight excluding hydrogens is 378 g/mol. The maximum atomic E-state index is 12.6. The number of hydrogen-bond acceptors (Lipinski definition) is 4. The summed E-state index contributed by atoms with van der Waals surface area (Å²) in [5.74, 6) is -0.797. The number of nitrogens with zero attached hydrogens (tertiary/aromatic N) is 1. The predicted octanol–water partition coefficient (Wildman–Crippen LogP) is 2.13. The number of sulfonamides is 1. The second-order valence-corrected chi connectivity index (χ2v) is 9.29. The highest BCUT2D eigenvalue weighted by Crippen LogP contribution is 2.16. The molecule has 0 unspecified atom stereocenters. The largest absolute Gasteiger partial charge is 0.366 e. The zero-order chi connectivity index (χ0) is 21.1. The molecule has 0 radical (unpaired) electrons. The topological polar surface area (TPSA) is 110 Å². The Morgan fingerprint density at radius 3 is 2.18 bits per heavy atom. The van der Waals surface area contributed by atoms with Crippen LogP contribution in [0, 0.1) is 0 Å². The van der Waals surface area contributed by atoms with E-state index in [0.717, 1.165) is 5.56 Å². The third kappa shape index (κ3) is 5.64. The van der Waals surface area contributed by atoms with E-state index < -0.39 is 21.5 Å². The molecule has 8 heteroatoms. The van der Waals surface area contributed by atoms with Crippen molar-refractivity contribution in [3.05, 3.63) is 65.2 Å². The van der Waals surface area contributed by atoms with Crippen LogP contribution in [0.25, 0.3) is 0 Å². The quantitative estimate of drug-likeness (QED) is 0.770. The number of benzene rings is 2. The standard InChI is InChI=1S/C20H25N3O4S/c1-20(2,3)22-28(26,27)17-10-8-15(9-11-17)19(25)23(4)13-14-6-5-7-16(12-14)18(21)24/h5-12,22H,13H2,1-4H3,(H2,21,24). The first-order valence-corrected chi connectivity index (χ1v) is 10.2. The van der Waals surface area contributed by atoms with Gasteiger partial charge in [0.05, 0.1) is 4.90 Å². The van der Waals surface area contributed by atoms with Gasteiger partial charge >= 0.3 is 0 Å². The summed E-state index contributed by atoms with van der Waals surface area (Å²) in [4.78, 5) is 25.5.